The molecule has 3 rings (SSSR count). The van der Waals surface area contributed by atoms with Crippen LogP contribution in [0.4, 0.5) is 0 Å². The number of aryl methyl sites for hydroxylation is 1. The minimum atomic E-state index is -0.821. The monoisotopic (exact) mass is 433 g/mol. The van der Waals surface area contributed by atoms with E-state index in [1.807, 2.05) is 6.92 Å². The van der Waals surface area contributed by atoms with E-state index in [0.29, 0.717) is 34.9 Å². The predicted molar refractivity (Wildman–Crippen MR) is 112 cm³/mol. The molecule has 1 N–H and O–H groups in total. The molecule has 0 aliphatic rings. The molecule has 2 heterocycles. The highest BCUT2D eigenvalue weighted by atomic mass is 35.5. The summed E-state index contributed by atoms with van der Waals surface area (Å²) in [5, 5.41) is 18.8. The molecule has 0 saturated heterocycles. The number of aromatic nitrogens is 3. The summed E-state index contributed by atoms with van der Waals surface area (Å²) in [4.78, 5) is 12.6. The van der Waals surface area contributed by atoms with Crippen LogP contribution in [0.25, 0.3) is 22.6 Å². The van der Waals surface area contributed by atoms with Crippen LogP contribution in [0.2, 0.25) is 5.02 Å². The molecule has 0 bridgehead atoms. The van der Waals surface area contributed by atoms with Crippen molar-refractivity contribution in [3.63, 3.8) is 0 Å². The third-order valence-electron chi connectivity index (χ3n) is 4.80. The molecule has 9 heteroatoms. The third-order valence-corrected chi connectivity index (χ3v) is 5.19. The maximum Gasteiger partial charge on any atom is 0.344 e. The number of carbonyl (C=O) groups excluding carboxylic acids is 1. The van der Waals surface area contributed by atoms with Crippen molar-refractivity contribution in [1.82, 2.24) is 14.9 Å². The topological polar surface area (TPSA) is 99.6 Å². The van der Waals surface area contributed by atoms with Gasteiger partial charge < -0.3 is 19.1 Å². The second-order valence-corrected chi connectivity index (χ2v) is 7.86. The first-order chi connectivity index (χ1) is 14.2. The van der Waals surface area contributed by atoms with Crippen molar-refractivity contribution < 1.29 is 23.9 Å². The number of ether oxygens (including phenoxy) is 2. The van der Waals surface area contributed by atoms with Crippen LogP contribution in [0.15, 0.2) is 28.9 Å². The van der Waals surface area contributed by atoms with Crippen LogP contribution in [0.3, 0.4) is 0 Å². The van der Waals surface area contributed by atoms with Gasteiger partial charge in [-0.05, 0) is 33.3 Å². The van der Waals surface area contributed by atoms with E-state index in [2.05, 4.69) is 10.3 Å². The summed E-state index contributed by atoms with van der Waals surface area (Å²) in [5.74, 6) is 0.0803. The second kappa shape index (κ2) is 8.49. The Labute approximate surface area is 179 Å². The zero-order chi connectivity index (χ0) is 22.1. The Morgan fingerprint density at radius 1 is 1.30 bits per heavy atom. The number of aliphatic hydroxyl groups is 1. The molecule has 3 aromatic rings. The van der Waals surface area contributed by atoms with Gasteiger partial charge >= 0.3 is 5.97 Å². The van der Waals surface area contributed by atoms with Crippen LogP contribution in [0, 0.1) is 6.92 Å². The fourth-order valence-corrected chi connectivity index (χ4v) is 3.37. The van der Waals surface area contributed by atoms with E-state index in [9.17, 15) is 9.90 Å². The van der Waals surface area contributed by atoms with Crippen molar-refractivity contribution in [1.29, 1.82) is 0 Å². The number of hydrogen-bond acceptors (Lipinski definition) is 7. The molecule has 0 aliphatic heterocycles. The summed E-state index contributed by atoms with van der Waals surface area (Å²) in [7, 11) is 2.79. The van der Waals surface area contributed by atoms with Crippen LogP contribution < -0.4 is 4.74 Å². The van der Waals surface area contributed by atoms with Gasteiger partial charge in [0.2, 0.25) is 0 Å². The van der Waals surface area contributed by atoms with Crippen LogP contribution >= 0.6 is 11.6 Å². The van der Waals surface area contributed by atoms with E-state index in [4.69, 9.17) is 25.6 Å². The van der Waals surface area contributed by atoms with Crippen molar-refractivity contribution in [2.75, 3.05) is 14.2 Å². The molecule has 0 atom stereocenters. The van der Waals surface area contributed by atoms with Crippen LogP contribution in [0.5, 0.6) is 5.75 Å². The molecule has 1 aromatic carbocycles. The van der Waals surface area contributed by atoms with Gasteiger partial charge in [-0.2, -0.15) is 5.10 Å². The highest BCUT2D eigenvalue weighted by Gasteiger charge is 2.29. The summed E-state index contributed by atoms with van der Waals surface area (Å²) < 4.78 is 17.6. The van der Waals surface area contributed by atoms with Gasteiger partial charge in [0.05, 0.1) is 36.6 Å². The second-order valence-electron chi connectivity index (χ2n) is 7.48. The first kappa shape index (κ1) is 21.9. The molecular weight excluding hydrogens is 410 g/mol. The Bertz CT molecular complexity index is 1070. The summed E-state index contributed by atoms with van der Waals surface area (Å²) in [5.41, 5.74) is 1.44. The smallest absolute Gasteiger partial charge is 0.344 e. The molecular formula is C21H24ClN3O5. The number of benzene rings is 1. The lowest BCUT2D eigenvalue weighted by Gasteiger charge is -2.17. The summed E-state index contributed by atoms with van der Waals surface area (Å²) in [6.45, 7) is 5.84. The minimum absolute atomic E-state index is 0.151. The van der Waals surface area contributed by atoms with Crippen molar-refractivity contribution in [3.8, 4) is 28.3 Å². The van der Waals surface area contributed by atoms with E-state index >= 15 is 0 Å². The first-order valence-electron chi connectivity index (χ1n) is 9.34. The van der Waals surface area contributed by atoms with E-state index in [1.54, 1.807) is 42.9 Å². The first-order valence-corrected chi connectivity index (χ1v) is 9.71. The van der Waals surface area contributed by atoms with Gasteiger partial charge in [0.1, 0.15) is 17.0 Å². The number of nitrogens with zero attached hydrogens (tertiary/aromatic N) is 3. The van der Waals surface area contributed by atoms with Gasteiger partial charge in [-0.15, -0.1) is 0 Å². The lowest BCUT2D eigenvalue weighted by molar-refractivity contribution is 0.0601. The fraction of sp³-hybridized carbons (Fsp3) is 0.381. The summed E-state index contributed by atoms with van der Waals surface area (Å²) in [6.07, 6.45) is 2.11. The van der Waals surface area contributed by atoms with Gasteiger partial charge in [-0.3, -0.25) is 4.68 Å². The molecule has 0 radical (unpaired) electrons. The SMILES string of the molecule is COC(=O)c1c(-c2cccc(OC)c2Cl)noc1-c1cnn(CCC(C)(C)O)c1C. The number of rotatable bonds is 7. The maximum absolute atomic E-state index is 12.6. The molecule has 0 spiro atoms. The van der Waals surface area contributed by atoms with E-state index < -0.39 is 11.6 Å². The van der Waals surface area contributed by atoms with Gasteiger partial charge in [-0.25, -0.2) is 4.79 Å². The minimum Gasteiger partial charge on any atom is -0.495 e. The molecule has 0 fully saturated rings. The fourth-order valence-electron chi connectivity index (χ4n) is 3.07. The van der Waals surface area contributed by atoms with E-state index in [0.717, 1.165) is 5.69 Å². The van der Waals surface area contributed by atoms with Crippen LogP contribution in [-0.2, 0) is 11.3 Å². The normalized spacial score (nSPS) is 11.6. The Morgan fingerprint density at radius 3 is 2.67 bits per heavy atom. The molecule has 30 heavy (non-hydrogen) atoms. The molecule has 2 aromatic heterocycles. The van der Waals surface area contributed by atoms with Crippen LogP contribution in [0.1, 0.15) is 36.3 Å². The van der Waals surface area contributed by atoms with E-state index in [1.165, 1.54) is 14.2 Å². The van der Waals surface area contributed by atoms with Gasteiger partial charge in [0, 0.05) is 17.8 Å². The zero-order valence-electron chi connectivity index (χ0n) is 17.5. The average Bonchev–Trinajstić information content (AvgIpc) is 3.28. The number of hydrogen-bond donors (Lipinski definition) is 1. The van der Waals surface area contributed by atoms with Crippen molar-refractivity contribution in [2.45, 2.75) is 39.3 Å². The van der Waals surface area contributed by atoms with Gasteiger partial charge in [-0.1, -0.05) is 28.9 Å². The lowest BCUT2D eigenvalue weighted by Crippen LogP contribution is -2.21. The van der Waals surface area contributed by atoms with Crippen molar-refractivity contribution in [2.24, 2.45) is 0 Å². The standard InChI is InChI=1S/C21H24ClN3O5/c1-12-14(11-23-25(12)10-9-21(2,3)27)19-16(20(26)29-5)18(24-30-19)13-7-6-8-15(28-4)17(13)22/h6-8,11,27H,9-10H2,1-5H3. The Hall–Kier alpha value is -2.84. The highest BCUT2D eigenvalue weighted by Crippen LogP contribution is 2.40. The number of esters is 1. The molecule has 8 nitrogen and oxygen atoms in total. The summed E-state index contributed by atoms with van der Waals surface area (Å²) >= 11 is 6.44. The number of halogens is 1. The zero-order valence-corrected chi connectivity index (χ0v) is 18.3. The molecule has 0 amide bonds. The van der Waals surface area contributed by atoms with Gasteiger partial charge in [0.15, 0.2) is 5.76 Å². The Kier molecular flexibility index (Phi) is 6.19. The van der Waals surface area contributed by atoms with Crippen molar-refractivity contribution >= 4 is 17.6 Å². The maximum atomic E-state index is 12.6. The largest absolute Gasteiger partial charge is 0.495 e. The molecule has 0 aliphatic carbocycles. The average molecular weight is 434 g/mol. The van der Waals surface area contributed by atoms with Gasteiger partial charge in [0.25, 0.3) is 0 Å². The number of methoxy groups -OCH3 is 2. The van der Waals surface area contributed by atoms with Crippen LogP contribution in [-0.4, -0.2) is 45.8 Å². The van der Waals surface area contributed by atoms with E-state index in [-0.39, 0.29) is 17.0 Å². The lowest BCUT2D eigenvalue weighted by atomic mass is 10.0. The summed E-state index contributed by atoms with van der Waals surface area (Å²) in [6, 6.07) is 5.18. The Balaban J connectivity index is 2.10. The Morgan fingerprint density at radius 2 is 2.03 bits per heavy atom. The predicted octanol–water partition coefficient (Wildman–Crippen LogP) is 4.12. The highest BCUT2D eigenvalue weighted by molar-refractivity contribution is 6.35. The molecule has 160 valence electrons. The molecule has 0 saturated carbocycles. The molecule has 0 unspecified atom stereocenters. The quantitative estimate of drug-likeness (QED) is 0.559. The third kappa shape index (κ3) is 4.20. The number of carbonyl (C=O) groups is 1. The van der Waals surface area contributed by atoms with Crippen molar-refractivity contribution in [3.05, 3.63) is 40.7 Å².